The Bertz CT molecular complexity index is 1430. The second-order valence-corrected chi connectivity index (χ2v) is 9.03. The molecule has 2 aliphatic heterocycles. The van der Waals surface area contributed by atoms with Crippen molar-refractivity contribution in [2.24, 2.45) is 5.73 Å². The summed E-state index contributed by atoms with van der Waals surface area (Å²) in [5.41, 5.74) is 9.12. The molecule has 0 aromatic heterocycles. The summed E-state index contributed by atoms with van der Waals surface area (Å²) in [6.07, 6.45) is -3.79. The van der Waals surface area contributed by atoms with Crippen LogP contribution in [0.4, 0.5) is 4.79 Å². The van der Waals surface area contributed by atoms with Crippen molar-refractivity contribution in [2.75, 3.05) is 6.61 Å². The van der Waals surface area contributed by atoms with Crippen LogP contribution in [0.2, 0.25) is 0 Å². The lowest BCUT2D eigenvalue weighted by Gasteiger charge is -2.34. The average molecular weight is 559 g/mol. The fraction of sp³-hybridized carbons (Fsp3) is 0.172. The summed E-state index contributed by atoms with van der Waals surface area (Å²) < 4.78 is 23.2. The van der Waals surface area contributed by atoms with E-state index >= 15 is 0 Å². The molecule has 0 aliphatic carbocycles. The predicted molar refractivity (Wildman–Crippen MR) is 142 cm³/mol. The Morgan fingerprint density at radius 1 is 0.756 bits per heavy atom. The highest BCUT2D eigenvalue weighted by Gasteiger charge is 2.54. The number of nitrogens with two attached hydrogens (primary N) is 1. The monoisotopic (exact) mass is 558 g/mol. The molecule has 1 saturated heterocycles. The number of nitrogens with one attached hydrogen (secondary N) is 2. The minimum atomic E-state index is -1.35. The quantitative estimate of drug-likeness (QED) is 0.277. The molecule has 0 radical (unpaired) electrons. The van der Waals surface area contributed by atoms with Crippen LogP contribution in [0, 0.1) is 0 Å². The van der Waals surface area contributed by atoms with Gasteiger partial charge in [-0.25, -0.2) is 24.2 Å². The molecule has 12 heteroatoms. The van der Waals surface area contributed by atoms with Crippen molar-refractivity contribution >= 4 is 23.9 Å². The standard InChI is InChI=1S/C29H26N4O8/c30-22-16-31-33(29(37)32-22)25-24(41-28(36)20-14-8-3-9-15-20)23(40-27(35)19-12-6-2-7-13-19)21(39-25)17-38-26(34)18-10-4-1-5-11-18/h1-16,21,23-25,31H,17,30H2,(H,32,37). The molecule has 0 saturated carbocycles. The van der Waals surface area contributed by atoms with Crippen LogP contribution < -0.4 is 16.5 Å². The Hall–Kier alpha value is -5.36. The molecular formula is C29H26N4O8. The maximum Gasteiger partial charge on any atom is 0.344 e. The van der Waals surface area contributed by atoms with E-state index in [0.717, 1.165) is 5.01 Å². The first kappa shape index (κ1) is 27.2. The zero-order valence-electron chi connectivity index (χ0n) is 21.5. The van der Waals surface area contributed by atoms with Crippen LogP contribution in [0.5, 0.6) is 0 Å². The fourth-order valence-electron chi connectivity index (χ4n) is 4.27. The average Bonchev–Trinajstić information content (AvgIpc) is 3.33. The van der Waals surface area contributed by atoms with Gasteiger partial charge in [-0.05, 0) is 36.4 Å². The van der Waals surface area contributed by atoms with Gasteiger partial charge >= 0.3 is 23.9 Å². The maximum atomic E-state index is 13.1. The van der Waals surface area contributed by atoms with Crippen molar-refractivity contribution in [2.45, 2.75) is 24.5 Å². The van der Waals surface area contributed by atoms with Crippen molar-refractivity contribution in [1.29, 1.82) is 0 Å². The second kappa shape index (κ2) is 12.2. The number of hydrazine groups is 1. The molecule has 4 unspecified atom stereocenters. The van der Waals surface area contributed by atoms with Crippen LogP contribution in [-0.2, 0) is 18.9 Å². The summed E-state index contributed by atoms with van der Waals surface area (Å²) in [5, 5.41) is 3.43. The van der Waals surface area contributed by atoms with Gasteiger partial charge in [0.25, 0.3) is 0 Å². The summed E-state index contributed by atoms with van der Waals surface area (Å²) in [7, 11) is 0. The molecule has 41 heavy (non-hydrogen) atoms. The molecule has 4 atom stereocenters. The molecular weight excluding hydrogens is 532 g/mol. The largest absolute Gasteiger partial charge is 0.459 e. The third kappa shape index (κ3) is 6.28. The van der Waals surface area contributed by atoms with Crippen molar-refractivity contribution in [3.63, 3.8) is 0 Å². The van der Waals surface area contributed by atoms with Gasteiger partial charge in [0.2, 0.25) is 0 Å². The van der Waals surface area contributed by atoms with Crippen LogP contribution >= 0.6 is 0 Å². The highest BCUT2D eigenvalue weighted by Crippen LogP contribution is 2.31. The summed E-state index contributed by atoms with van der Waals surface area (Å²) in [4.78, 5) is 51.8. The lowest BCUT2D eigenvalue weighted by Crippen LogP contribution is -2.60. The number of hydrogen-bond donors (Lipinski definition) is 3. The Morgan fingerprint density at radius 2 is 1.24 bits per heavy atom. The van der Waals surface area contributed by atoms with Gasteiger partial charge in [0.05, 0.1) is 22.9 Å². The first-order chi connectivity index (χ1) is 19.9. The molecule has 5 rings (SSSR count). The third-order valence-corrected chi connectivity index (χ3v) is 6.26. The normalized spacial score (nSPS) is 21.6. The number of ether oxygens (including phenoxy) is 4. The number of amides is 2. The Kier molecular flexibility index (Phi) is 8.11. The van der Waals surface area contributed by atoms with E-state index in [9.17, 15) is 19.2 Å². The van der Waals surface area contributed by atoms with Crippen molar-refractivity contribution < 1.29 is 38.1 Å². The highest BCUT2D eigenvalue weighted by atomic mass is 16.7. The van der Waals surface area contributed by atoms with Crippen molar-refractivity contribution in [3.05, 3.63) is 120 Å². The molecule has 210 valence electrons. The van der Waals surface area contributed by atoms with Crippen LogP contribution in [0.1, 0.15) is 31.1 Å². The fourth-order valence-corrected chi connectivity index (χ4v) is 4.27. The summed E-state index contributed by atoms with van der Waals surface area (Å²) in [6, 6.07) is 23.9. The van der Waals surface area contributed by atoms with E-state index in [4.69, 9.17) is 24.7 Å². The molecule has 12 nitrogen and oxygen atoms in total. The molecule has 4 N–H and O–H groups in total. The molecule has 1 fully saturated rings. The molecule has 2 aliphatic rings. The SMILES string of the molecule is NC1=CNN(C2OC(COC(=O)c3ccccc3)C(OC(=O)c3ccccc3)C2OC(=O)c2ccccc2)C(=O)N1. The van der Waals surface area contributed by atoms with E-state index in [1.54, 1.807) is 91.0 Å². The number of carbonyl (C=O) groups excluding carboxylic acids is 4. The van der Waals surface area contributed by atoms with Gasteiger partial charge in [-0.3, -0.25) is 10.7 Å². The number of urea groups is 1. The first-order valence-electron chi connectivity index (χ1n) is 12.6. The zero-order chi connectivity index (χ0) is 28.8. The van der Waals surface area contributed by atoms with Crippen LogP contribution in [0.15, 0.2) is 103 Å². The Balaban J connectivity index is 1.46. The maximum absolute atomic E-state index is 13.1. The van der Waals surface area contributed by atoms with Gasteiger partial charge in [-0.1, -0.05) is 54.6 Å². The number of rotatable bonds is 8. The van der Waals surface area contributed by atoms with Gasteiger partial charge in [0.1, 0.15) is 18.5 Å². The lowest BCUT2D eigenvalue weighted by molar-refractivity contribution is -0.0967. The Morgan fingerprint density at radius 3 is 1.76 bits per heavy atom. The molecule has 3 aromatic rings. The summed E-state index contributed by atoms with van der Waals surface area (Å²) in [6.45, 7) is -0.385. The number of benzene rings is 3. The number of carbonyl (C=O) groups is 4. The molecule has 3 aromatic carbocycles. The van der Waals surface area contributed by atoms with Crippen molar-refractivity contribution in [1.82, 2.24) is 15.8 Å². The van der Waals surface area contributed by atoms with Crippen LogP contribution in [-0.4, -0.2) is 60.1 Å². The van der Waals surface area contributed by atoms with Gasteiger partial charge < -0.3 is 24.7 Å². The van der Waals surface area contributed by atoms with E-state index < -0.39 is 48.5 Å². The minimum absolute atomic E-state index is 0.0440. The van der Waals surface area contributed by atoms with E-state index in [1.807, 2.05) is 0 Å². The lowest BCUT2D eigenvalue weighted by atomic mass is 10.1. The number of esters is 3. The second-order valence-electron chi connectivity index (χ2n) is 9.03. The van der Waals surface area contributed by atoms with Gasteiger partial charge in [-0.15, -0.1) is 0 Å². The number of nitrogens with zero attached hydrogens (tertiary/aromatic N) is 1. The highest BCUT2D eigenvalue weighted by molar-refractivity contribution is 5.91. The van der Waals surface area contributed by atoms with Crippen LogP contribution in [0.25, 0.3) is 0 Å². The Labute approximate surface area is 234 Å². The molecule has 0 bridgehead atoms. The first-order valence-corrected chi connectivity index (χ1v) is 12.6. The third-order valence-electron chi connectivity index (χ3n) is 6.26. The van der Waals surface area contributed by atoms with Crippen LogP contribution in [0.3, 0.4) is 0 Å². The van der Waals surface area contributed by atoms with Gasteiger partial charge in [0, 0.05) is 0 Å². The summed E-state index contributed by atoms with van der Waals surface area (Å²) in [5.74, 6) is -2.09. The van der Waals surface area contributed by atoms with E-state index in [2.05, 4.69) is 10.7 Å². The minimum Gasteiger partial charge on any atom is -0.459 e. The zero-order valence-corrected chi connectivity index (χ0v) is 21.5. The van der Waals surface area contributed by atoms with Gasteiger partial charge in [-0.2, -0.15) is 0 Å². The smallest absolute Gasteiger partial charge is 0.344 e. The summed E-state index contributed by atoms with van der Waals surface area (Å²) >= 11 is 0. The predicted octanol–water partition coefficient (Wildman–Crippen LogP) is 2.31. The van der Waals surface area contributed by atoms with E-state index in [-0.39, 0.29) is 23.6 Å². The van der Waals surface area contributed by atoms with Gasteiger partial charge in [0.15, 0.2) is 18.4 Å². The number of hydrogen-bond acceptors (Lipinski definition) is 10. The molecule has 0 spiro atoms. The van der Waals surface area contributed by atoms with E-state index in [0.29, 0.717) is 5.56 Å². The molecule has 2 amide bonds. The van der Waals surface area contributed by atoms with E-state index in [1.165, 1.54) is 6.20 Å². The topological polar surface area (TPSA) is 159 Å². The molecule has 2 heterocycles. The van der Waals surface area contributed by atoms with Crippen molar-refractivity contribution in [3.8, 4) is 0 Å².